The van der Waals surface area contributed by atoms with Crippen molar-refractivity contribution in [2.75, 3.05) is 6.61 Å². The predicted molar refractivity (Wildman–Crippen MR) is 90.5 cm³/mol. The second kappa shape index (κ2) is 5.08. The van der Waals surface area contributed by atoms with Gasteiger partial charge in [0.2, 0.25) is 0 Å². The fourth-order valence-corrected chi connectivity index (χ4v) is 6.73. The molecule has 0 radical (unpaired) electrons. The van der Waals surface area contributed by atoms with Gasteiger partial charge in [-0.2, -0.15) is 0 Å². The highest BCUT2D eigenvalue weighted by Crippen LogP contribution is 2.66. The molecule has 0 aromatic rings. The van der Waals surface area contributed by atoms with Gasteiger partial charge in [-0.1, -0.05) is 33.3 Å². The summed E-state index contributed by atoms with van der Waals surface area (Å²) in [5, 5.41) is 21.5. The van der Waals surface area contributed by atoms with Crippen LogP contribution < -0.4 is 0 Å². The number of aliphatic hydroxyl groups excluding tert-OH is 1. The third kappa shape index (κ3) is 2.21. The van der Waals surface area contributed by atoms with E-state index in [1.165, 1.54) is 12.8 Å². The average Bonchev–Trinajstić information content (AvgIpc) is 2.46. The average molecular weight is 306 g/mol. The Balaban J connectivity index is 1.94. The molecule has 2 nitrogen and oxygen atoms in total. The van der Waals surface area contributed by atoms with E-state index in [0.29, 0.717) is 18.4 Å². The molecule has 0 bridgehead atoms. The largest absolute Gasteiger partial charge is 0.396 e. The van der Waals surface area contributed by atoms with Crippen LogP contribution >= 0.6 is 0 Å². The second-order valence-corrected chi connectivity index (χ2v) is 9.49. The van der Waals surface area contributed by atoms with Gasteiger partial charge in [0.15, 0.2) is 0 Å². The maximum absolute atomic E-state index is 11.5. The molecule has 22 heavy (non-hydrogen) atoms. The molecular weight excluding hydrogens is 272 g/mol. The molecule has 0 aromatic carbocycles. The van der Waals surface area contributed by atoms with Crippen molar-refractivity contribution in [1.29, 1.82) is 0 Å². The molecule has 3 aliphatic rings. The molecule has 0 aliphatic heterocycles. The van der Waals surface area contributed by atoms with E-state index in [-0.39, 0.29) is 16.2 Å². The van der Waals surface area contributed by atoms with Crippen LogP contribution in [0.1, 0.15) is 72.1 Å². The Labute approximate surface area is 136 Å². The second-order valence-electron chi connectivity index (χ2n) is 9.49. The Morgan fingerprint density at radius 3 is 2.36 bits per heavy atom. The van der Waals surface area contributed by atoms with Gasteiger partial charge in [-0.25, -0.2) is 0 Å². The van der Waals surface area contributed by atoms with Crippen LogP contribution in [0.2, 0.25) is 0 Å². The number of fused-ring (bicyclic) bond motifs is 3. The van der Waals surface area contributed by atoms with Crippen LogP contribution in [0.15, 0.2) is 12.7 Å². The van der Waals surface area contributed by atoms with Crippen molar-refractivity contribution in [3.8, 4) is 0 Å². The Morgan fingerprint density at radius 2 is 1.73 bits per heavy atom. The first-order valence-electron chi connectivity index (χ1n) is 9.18. The van der Waals surface area contributed by atoms with Gasteiger partial charge in [-0.05, 0) is 73.0 Å². The minimum atomic E-state index is -0.528. The Morgan fingerprint density at radius 1 is 1.05 bits per heavy atom. The summed E-state index contributed by atoms with van der Waals surface area (Å²) >= 11 is 0. The van der Waals surface area contributed by atoms with Crippen molar-refractivity contribution in [3.63, 3.8) is 0 Å². The highest BCUT2D eigenvalue weighted by molar-refractivity contribution is 5.14. The van der Waals surface area contributed by atoms with E-state index in [1.54, 1.807) is 0 Å². The molecule has 126 valence electrons. The van der Waals surface area contributed by atoms with Crippen molar-refractivity contribution >= 4 is 0 Å². The maximum atomic E-state index is 11.5. The van der Waals surface area contributed by atoms with E-state index >= 15 is 0 Å². The van der Waals surface area contributed by atoms with E-state index in [1.807, 2.05) is 0 Å². The van der Waals surface area contributed by atoms with Gasteiger partial charge >= 0.3 is 0 Å². The van der Waals surface area contributed by atoms with E-state index in [0.717, 1.165) is 38.5 Å². The van der Waals surface area contributed by atoms with Gasteiger partial charge in [-0.3, -0.25) is 0 Å². The molecule has 0 unspecified atom stereocenters. The standard InChI is InChI=1S/C20H34O2/c1-5-17(2)11-7-16-19(4)10-6-9-18(3,14-21)15(19)8-12-20(16,22)13-17/h5,15-16,21-22H,1,6-14H2,2-4H3/t15-,16+,17-,18-,19-,20+/m0/s1. The zero-order valence-corrected chi connectivity index (χ0v) is 14.7. The fraction of sp³-hybridized carbons (Fsp3) is 0.900. The topological polar surface area (TPSA) is 40.5 Å². The molecule has 2 N–H and O–H groups in total. The highest BCUT2D eigenvalue weighted by Gasteiger charge is 2.62. The van der Waals surface area contributed by atoms with Crippen molar-refractivity contribution in [2.24, 2.45) is 28.1 Å². The molecule has 3 aliphatic carbocycles. The van der Waals surface area contributed by atoms with Gasteiger partial charge < -0.3 is 10.2 Å². The number of allylic oxidation sites excluding steroid dienone is 1. The number of aliphatic hydroxyl groups is 2. The smallest absolute Gasteiger partial charge is 0.0689 e. The van der Waals surface area contributed by atoms with Crippen LogP contribution in [0.25, 0.3) is 0 Å². The van der Waals surface area contributed by atoms with Crippen molar-refractivity contribution < 1.29 is 10.2 Å². The van der Waals surface area contributed by atoms with E-state index in [9.17, 15) is 10.2 Å². The van der Waals surface area contributed by atoms with E-state index in [4.69, 9.17) is 0 Å². The minimum Gasteiger partial charge on any atom is -0.396 e. The Bertz CT molecular complexity index is 461. The van der Waals surface area contributed by atoms with Crippen molar-refractivity contribution in [3.05, 3.63) is 12.7 Å². The summed E-state index contributed by atoms with van der Waals surface area (Å²) in [6.45, 7) is 11.2. The number of hydrogen-bond acceptors (Lipinski definition) is 2. The summed E-state index contributed by atoms with van der Waals surface area (Å²) in [6, 6.07) is 0. The molecule has 0 heterocycles. The van der Waals surface area contributed by atoms with Crippen LogP contribution in [0.4, 0.5) is 0 Å². The molecule has 6 atom stereocenters. The normalized spacial score (nSPS) is 55.1. The lowest BCUT2D eigenvalue weighted by atomic mass is 9.42. The monoisotopic (exact) mass is 306 g/mol. The first-order valence-corrected chi connectivity index (χ1v) is 9.18. The maximum Gasteiger partial charge on any atom is 0.0689 e. The molecular formula is C20H34O2. The molecule has 0 amide bonds. The lowest BCUT2D eigenvalue weighted by molar-refractivity contribution is -0.210. The van der Waals surface area contributed by atoms with Crippen molar-refractivity contribution in [2.45, 2.75) is 77.7 Å². The zero-order chi connectivity index (χ0) is 16.2. The SMILES string of the molecule is C=C[C@@]1(C)CC[C@H]2[C@@](O)(CC[C@H]3[C@](C)(CO)CCC[C@@]32C)C1. The van der Waals surface area contributed by atoms with Crippen LogP contribution in [0.3, 0.4) is 0 Å². The quantitative estimate of drug-likeness (QED) is 0.746. The zero-order valence-electron chi connectivity index (χ0n) is 14.7. The van der Waals surface area contributed by atoms with Gasteiger partial charge in [-0.15, -0.1) is 6.58 Å². The van der Waals surface area contributed by atoms with Crippen LogP contribution in [0, 0.1) is 28.1 Å². The third-order valence-electron chi connectivity index (χ3n) is 7.98. The lowest BCUT2D eigenvalue weighted by Gasteiger charge is -2.64. The molecule has 0 saturated heterocycles. The number of hydrogen-bond donors (Lipinski definition) is 2. The van der Waals surface area contributed by atoms with Crippen LogP contribution in [-0.2, 0) is 0 Å². The predicted octanol–water partition coefficient (Wildman–Crippen LogP) is 4.31. The van der Waals surface area contributed by atoms with E-state index < -0.39 is 5.60 Å². The molecule has 3 saturated carbocycles. The number of rotatable bonds is 2. The molecule has 3 fully saturated rings. The molecule has 2 heteroatoms. The summed E-state index contributed by atoms with van der Waals surface area (Å²) in [5.41, 5.74) is -0.206. The first-order chi connectivity index (χ1) is 10.2. The lowest BCUT2D eigenvalue weighted by Crippen LogP contribution is -2.62. The molecule has 0 spiro atoms. The summed E-state index contributed by atoms with van der Waals surface area (Å²) in [7, 11) is 0. The summed E-state index contributed by atoms with van der Waals surface area (Å²) in [6.07, 6.45) is 10.7. The molecule has 0 aromatic heterocycles. The van der Waals surface area contributed by atoms with Crippen LogP contribution in [-0.4, -0.2) is 22.4 Å². The van der Waals surface area contributed by atoms with Gasteiger partial charge in [0, 0.05) is 6.61 Å². The summed E-state index contributed by atoms with van der Waals surface area (Å²) in [5.74, 6) is 0.940. The highest BCUT2D eigenvalue weighted by atomic mass is 16.3. The first kappa shape index (κ1) is 16.5. The Kier molecular flexibility index (Phi) is 3.81. The Hall–Kier alpha value is -0.340. The van der Waals surface area contributed by atoms with Gasteiger partial charge in [0.05, 0.1) is 5.60 Å². The van der Waals surface area contributed by atoms with Gasteiger partial charge in [0.1, 0.15) is 0 Å². The van der Waals surface area contributed by atoms with E-state index in [2.05, 4.69) is 33.4 Å². The third-order valence-corrected chi connectivity index (χ3v) is 7.98. The molecule has 3 rings (SSSR count). The van der Waals surface area contributed by atoms with Crippen molar-refractivity contribution in [1.82, 2.24) is 0 Å². The minimum absolute atomic E-state index is 0.0491. The van der Waals surface area contributed by atoms with Crippen LogP contribution in [0.5, 0.6) is 0 Å². The summed E-state index contributed by atoms with van der Waals surface area (Å²) in [4.78, 5) is 0. The fourth-order valence-electron chi connectivity index (χ4n) is 6.73. The summed E-state index contributed by atoms with van der Waals surface area (Å²) < 4.78 is 0. The van der Waals surface area contributed by atoms with Gasteiger partial charge in [0.25, 0.3) is 0 Å².